The second-order valence-corrected chi connectivity index (χ2v) is 7.78. The summed E-state index contributed by atoms with van der Waals surface area (Å²) < 4.78 is 41.2. The van der Waals surface area contributed by atoms with Gasteiger partial charge in [0.05, 0.1) is 16.5 Å². The molecule has 3 aromatic rings. The van der Waals surface area contributed by atoms with E-state index in [1.54, 1.807) is 18.2 Å². The van der Waals surface area contributed by atoms with Gasteiger partial charge in [-0.3, -0.25) is 10.1 Å². The van der Waals surface area contributed by atoms with Gasteiger partial charge in [0.25, 0.3) is 5.69 Å². The third-order valence-corrected chi connectivity index (χ3v) is 6.20. The Kier molecular flexibility index (Phi) is 4.10. The molecule has 30 heavy (non-hydrogen) atoms. The third-order valence-electron chi connectivity index (χ3n) is 6.20. The lowest BCUT2D eigenvalue weighted by atomic mass is 9.74. The maximum absolute atomic E-state index is 13.7. The molecule has 2 aliphatic rings. The minimum Gasteiger partial charge on any atom is -0.378 e. The first-order chi connectivity index (χ1) is 14.3. The van der Waals surface area contributed by atoms with E-state index in [1.165, 1.54) is 18.2 Å². The molecule has 3 aromatic carbocycles. The van der Waals surface area contributed by atoms with E-state index in [9.17, 15) is 23.3 Å². The van der Waals surface area contributed by atoms with E-state index < -0.39 is 22.7 Å². The quantitative estimate of drug-likeness (QED) is 0.411. The summed E-state index contributed by atoms with van der Waals surface area (Å²) in [4.78, 5) is 10.9. The molecule has 0 saturated heterocycles. The van der Waals surface area contributed by atoms with Crippen LogP contribution in [0.2, 0.25) is 0 Å². The van der Waals surface area contributed by atoms with Crippen LogP contribution in [-0.4, -0.2) is 4.92 Å². The van der Waals surface area contributed by atoms with Crippen molar-refractivity contribution in [2.75, 3.05) is 5.32 Å². The molecule has 1 aliphatic carbocycles. The summed E-state index contributed by atoms with van der Waals surface area (Å²) in [5, 5.41) is 14.6. The van der Waals surface area contributed by atoms with E-state index in [1.807, 2.05) is 24.3 Å². The highest BCUT2D eigenvalue weighted by Gasteiger charge is 2.46. The van der Waals surface area contributed by atoms with E-state index in [0.717, 1.165) is 22.8 Å². The van der Waals surface area contributed by atoms with Crippen molar-refractivity contribution < 1.29 is 18.1 Å². The van der Waals surface area contributed by atoms with Gasteiger partial charge in [-0.15, -0.1) is 0 Å². The van der Waals surface area contributed by atoms with Crippen molar-refractivity contribution in [3.05, 3.63) is 105 Å². The number of hydrogen-bond donors (Lipinski definition) is 1. The van der Waals surface area contributed by atoms with Crippen LogP contribution in [0.25, 0.3) is 0 Å². The fraction of sp³-hybridized carbons (Fsp3) is 0.217. The van der Waals surface area contributed by atoms with Crippen LogP contribution in [0.4, 0.5) is 24.5 Å². The lowest BCUT2D eigenvalue weighted by Gasteiger charge is -2.38. The molecule has 0 bridgehead atoms. The molecule has 3 unspecified atom stereocenters. The molecule has 0 radical (unpaired) electrons. The Hall–Kier alpha value is -3.35. The summed E-state index contributed by atoms with van der Waals surface area (Å²) in [6.45, 7) is 0. The summed E-state index contributed by atoms with van der Waals surface area (Å²) >= 11 is 0. The average molecular weight is 410 g/mol. The maximum Gasteiger partial charge on any atom is 0.416 e. The van der Waals surface area contributed by atoms with Crippen LogP contribution in [0.5, 0.6) is 0 Å². The van der Waals surface area contributed by atoms with Gasteiger partial charge in [0, 0.05) is 23.7 Å². The summed E-state index contributed by atoms with van der Waals surface area (Å²) in [6, 6.07) is 17.4. The lowest BCUT2D eigenvalue weighted by molar-refractivity contribution is -0.384. The van der Waals surface area contributed by atoms with Gasteiger partial charge < -0.3 is 5.32 Å². The van der Waals surface area contributed by atoms with Crippen LogP contribution >= 0.6 is 0 Å². The Morgan fingerprint density at radius 2 is 1.63 bits per heavy atom. The van der Waals surface area contributed by atoms with Gasteiger partial charge in [-0.05, 0) is 46.7 Å². The number of fused-ring (bicyclic) bond motifs is 5. The van der Waals surface area contributed by atoms with Crippen LogP contribution < -0.4 is 5.32 Å². The number of hydrogen-bond acceptors (Lipinski definition) is 3. The zero-order valence-electron chi connectivity index (χ0n) is 15.7. The largest absolute Gasteiger partial charge is 0.416 e. The molecule has 1 heterocycles. The van der Waals surface area contributed by atoms with Crippen molar-refractivity contribution in [3.8, 4) is 0 Å². The topological polar surface area (TPSA) is 55.2 Å². The summed E-state index contributed by atoms with van der Waals surface area (Å²) in [6.07, 6.45) is -3.86. The first-order valence-corrected chi connectivity index (χ1v) is 9.63. The normalized spacial score (nSPS) is 21.9. The minimum atomic E-state index is -4.46. The number of non-ortho nitro benzene ring substituents is 1. The summed E-state index contributed by atoms with van der Waals surface area (Å²) in [5.41, 5.74) is 3.04. The van der Waals surface area contributed by atoms with E-state index in [4.69, 9.17) is 0 Å². The maximum atomic E-state index is 13.7. The molecule has 0 saturated carbocycles. The van der Waals surface area contributed by atoms with Crippen molar-refractivity contribution in [2.24, 2.45) is 5.92 Å². The zero-order chi connectivity index (χ0) is 21.0. The molecule has 1 aliphatic heterocycles. The fourth-order valence-corrected chi connectivity index (χ4v) is 5.00. The van der Waals surface area contributed by atoms with Crippen molar-refractivity contribution >= 4 is 11.4 Å². The summed E-state index contributed by atoms with van der Waals surface area (Å²) in [5.74, 6) is -0.385. The Balaban J connectivity index is 1.70. The standard InChI is InChI=1S/C23H17F3N2O2/c24-23(25,26)19-8-4-3-7-16(19)22-18-11-13-5-1-2-6-15(13)21(18)17-12-14(28(29)30)9-10-20(17)27-22/h1-10,12,18,21-22,27H,11H2. The van der Waals surface area contributed by atoms with E-state index >= 15 is 0 Å². The van der Waals surface area contributed by atoms with Crippen LogP contribution in [-0.2, 0) is 12.6 Å². The molecule has 3 atom stereocenters. The number of halogens is 3. The highest BCUT2D eigenvalue weighted by atomic mass is 19.4. The monoisotopic (exact) mass is 410 g/mol. The van der Waals surface area contributed by atoms with Gasteiger partial charge in [-0.25, -0.2) is 0 Å². The number of alkyl halides is 3. The molecular weight excluding hydrogens is 393 g/mol. The van der Waals surface area contributed by atoms with Gasteiger partial charge in [0.2, 0.25) is 0 Å². The van der Waals surface area contributed by atoms with Gasteiger partial charge in [0.1, 0.15) is 0 Å². The summed E-state index contributed by atoms with van der Waals surface area (Å²) in [7, 11) is 0. The first-order valence-electron chi connectivity index (χ1n) is 9.63. The van der Waals surface area contributed by atoms with E-state index in [-0.39, 0.29) is 23.1 Å². The number of nitro groups is 1. The fourth-order valence-electron chi connectivity index (χ4n) is 5.00. The van der Waals surface area contributed by atoms with Gasteiger partial charge >= 0.3 is 6.18 Å². The molecule has 152 valence electrons. The number of nitrogens with zero attached hydrogens (tertiary/aromatic N) is 1. The van der Waals surface area contributed by atoms with Crippen LogP contribution in [0.3, 0.4) is 0 Å². The number of rotatable bonds is 2. The second kappa shape index (κ2) is 6.58. The Morgan fingerprint density at radius 3 is 2.37 bits per heavy atom. The first kappa shape index (κ1) is 18.7. The van der Waals surface area contributed by atoms with E-state index in [0.29, 0.717) is 12.1 Å². The smallest absolute Gasteiger partial charge is 0.378 e. The SMILES string of the molecule is O=[N+]([O-])c1ccc2c(c1)C1c3ccccc3CC1C(c1ccccc1C(F)(F)F)N2. The Bertz CT molecular complexity index is 1160. The van der Waals surface area contributed by atoms with E-state index in [2.05, 4.69) is 5.32 Å². The molecule has 7 heteroatoms. The molecule has 0 amide bonds. The van der Waals surface area contributed by atoms with Crippen molar-refractivity contribution in [2.45, 2.75) is 24.6 Å². The third kappa shape index (κ3) is 2.84. The number of nitro benzene ring substituents is 1. The zero-order valence-corrected chi connectivity index (χ0v) is 15.7. The van der Waals surface area contributed by atoms with Crippen LogP contribution in [0, 0.1) is 16.0 Å². The lowest BCUT2D eigenvalue weighted by Crippen LogP contribution is -2.32. The highest BCUT2D eigenvalue weighted by molar-refractivity contribution is 5.65. The average Bonchev–Trinajstić information content (AvgIpc) is 3.12. The van der Waals surface area contributed by atoms with Gasteiger partial charge in [-0.2, -0.15) is 13.2 Å². The van der Waals surface area contributed by atoms with Crippen molar-refractivity contribution in [1.82, 2.24) is 0 Å². The number of nitrogens with one attached hydrogen (secondary N) is 1. The van der Waals surface area contributed by atoms with Crippen LogP contribution in [0.15, 0.2) is 66.7 Å². The van der Waals surface area contributed by atoms with Crippen molar-refractivity contribution in [1.29, 1.82) is 0 Å². The highest BCUT2D eigenvalue weighted by Crippen LogP contribution is 2.55. The number of anilines is 1. The Morgan fingerprint density at radius 1 is 0.933 bits per heavy atom. The second-order valence-electron chi connectivity index (χ2n) is 7.78. The minimum absolute atomic E-state index is 0.0205. The molecule has 1 N–H and O–H groups in total. The van der Waals surface area contributed by atoms with Gasteiger partial charge in [-0.1, -0.05) is 42.5 Å². The molecule has 0 aromatic heterocycles. The van der Waals surface area contributed by atoms with Gasteiger partial charge in [0.15, 0.2) is 0 Å². The molecule has 0 fully saturated rings. The molecule has 0 spiro atoms. The Labute approximate surface area is 170 Å². The molecular formula is C23H17F3N2O2. The van der Waals surface area contributed by atoms with Crippen molar-refractivity contribution in [3.63, 3.8) is 0 Å². The predicted molar refractivity (Wildman–Crippen MR) is 106 cm³/mol. The molecule has 5 rings (SSSR count). The number of benzene rings is 3. The predicted octanol–water partition coefficient (Wildman–Crippen LogP) is 6.08. The molecule has 4 nitrogen and oxygen atoms in total. The van der Waals surface area contributed by atoms with Crippen LogP contribution in [0.1, 0.15) is 39.8 Å².